The number of Topliss-reactive ketones (excluding diaryl/α,β-unsaturated/α-hetero) is 1. The van der Waals surface area contributed by atoms with E-state index in [9.17, 15) is 9.90 Å². The van der Waals surface area contributed by atoms with Crippen molar-refractivity contribution in [2.45, 2.75) is 70.8 Å². The zero-order valence-corrected chi connectivity index (χ0v) is 10.4. The van der Waals surface area contributed by atoms with Crippen molar-refractivity contribution in [3.63, 3.8) is 0 Å². The molecule has 0 aromatic heterocycles. The molecular weight excluding hydrogens is 200 g/mol. The Morgan fingerprint density at radius 1 is 1.25 bits per heavy atom. The molecule has 92 valence electrons. The van der Waals surface area contributed by atoms with Crippen LogP contribution in [0.2, 0.25) is 0 Å². The van der Waals surface area contributed by atoms with Crippen LogP contribution in [0.25, 0.3) is 0 Å². The van der Waals surface area contributed by atoms with E-state index in [0.717, 1.165) is 31.3 Å². The summed E-state index contributed by atoms with van der Waals surface area (Å²) in [6, 6.07) is 0. The summed E-state index contributed by atoms with van der Waals surface area (Å²) in [4.78, 5) is 11.3. The molecule has 16 heavy (non-hydrogen) atoms. The Balaban J connectivity index is 2.15. The molecule has 0 spiro atoms. The molecule has 1 rings (SSSR count). The number of unbranched alkanes of at least 4 members (excludes halogenated alkanes) is 4. The molecule has 1 saturated carbocycles. The minimum absolute atomic E-state index is 0.241. The van der Waals surface area contributed by atoms with Crippen LogP contribution in [0, 0.1) is 0 Å². The second-order valence-electron chi connectivity index (χ2n) is 4.74. The maximum atomic E-state index is 11.3. The van der Waals surface area contributed by atoms with E-state index < -0.39 is 6.10 Å². The number of aliphatic hydroxyl groups is 1. The highest BCUT2D eigenvalue weighted by molar-refractivity contribution is 5.97. The van der Waals surface area contributed by atoms with Crippen LogP contribution in [0.5, 0.6) is 0 Å². The molecule has 0 aliphatic heterocycles. The van der Waals surface area contributed by atoms with Gasteiger partial charge in [-0.05, 0) is 30.9 Å². The van der Waals surface area contributed by atoms with Gasteiger partial charge in [0, 0.05) is 6.42 Å². The molecule has 1 atom stereocenters. The normalized spacial score (nSPS) is 20.6. The molecular formula is C14H24O2. The fourth-order valence-corrected chi connectivity index (χ4v) is 2.19. The predicted octanol–water partition coefficient (Wildman–Crippen LogP) is 3.39. The van der Waals surface area contributed by atoms with Gasteiger partial charge in [0.05, 0.1) is 6.10 Å². The predicted molar refractivity (Wildman–Crippen MR) is 66.3 cm³/mol. The van der Waals surface area contributed by atoms with Gasteiger partial charge in [-0.2, -0.15) is 0 Å². The van der Waals surface area contributed by atoms with Gasteiger partial charge in [-0.15, -0.1) is 0 Å². The number of hydrogen-bond donors (Lipinski definition) is 1. The van der Waals surface area contributed by atoms with Crippen LogP contribution in [-0.4, -0.2) is 17.0 Å². The van der Waals surface area contributed by atoms with Crippen LogP contribution in [-0.2, 0) is 4.79 Å². The molecule has 1 N–H and O–H groups in total. The van der Waals surface area contributed by atoms with Crippen molar-refractivity contribution in [1.82, 2.24) is 0 Å². The fraction of sp³-hybridized carbons (Fsp3) is 0.786. The van der Waals surface area contributed by atoms with Gasteiger partial charge >= 0.3 is 0 Å². The first-order chi connectivity index (χ1) is 7.74. The van der Waals surface area contributed by atoms with Crippen LogP contribution >= 0.6 is 0 Å². The topological polar surface area (TPSA) is 37.3 Å². The Bertz CT molecular complexity index is 243. The lowest BCUT2D eigenvalue weighted by atomic mass is 10.1. The average Bonchev–Trinajstić information content (AvgIpc) is 2.64. The summed E-state index contributed by atoms with van der Waals surface area (Å²) in [7, 11) is 0. The highest BCUT2D eigenvalue weighted by Crippen LogP contribution is 2.21. The molecule has 0 radical (unpaired) electrons. The number of carbonyl (C=O) groups is 1. The molecule has 0 bridgehead atoms. The van der Waals surface area contributed by atoms with Gasteiger partial charge in [0.1, 0.15) is 0 Å². The van der Waals surface area contributed by atoms with Crippen molar-refractivity contribution >= 4 is 5.78 Å². The number of hydrogen-bond acceptors (Lipinski definition) is 2. The van der Waals surface area contributed by atoms with Gasteiger partial charge in [-0.25, -0.2) is 0 Å². The first kappa shape index (κ1) is 13.4. The first-order valence-corrected chi connectivity index (χ1v) is 6.66. The van der Waals surface area contributed by atoms with E-state index in [1.54, 1.807) is 6.08 Å². The Hall–Kier alpha value is -0.630. The third-order valence-corrected chi connectivity index (χ3v) is 3.21. The Labute approximate surface area is 98.7 Å². The highest BCUT2D eigenvalue weighted by atomic mass is 16.3. The van der Waals surface area contributed by atoms with E-state index in [1.807, 2.05) is 0 Å². The standard InChI is InChI=1S/C14H24O2/c1-2-3-4-5-6-9-13(15)11-12-8-7-10-14(12)16/h11,13,15H,2-10H2,1H3/b12-11-. The Morgan fingerprint density at radius 2 is 2.00 bits per heavy atom. The number of rotatable bonds is 7. The molecule has 1 fully saturated rings. The van der Waals surface area contributed by atoms with Crippen molar-refractivity contribution in [2.75, 3.05) is 0 Å². The smallest absolute Gasteiger partial charge is 0.158 e. The summed E-state index contributed by atoms with van der Waals surface area (Å²) < 4.78 is 0. The molecule has 0 saturated heterocycles. The fourth-order valence-electron chi connectivity index (χ4n) is 2.19. The summed E-state index contributed by atoms with van der Waals surface area (Å²) in [5, 5.41) is 9.76. The molecule has 0 heterocycles. The number of ketones is 1. The van der Waals surface area contributed by atoms with Crippen LogP contribution in [0.4, 0.5) is 0 Å². The van der Waals surface area contributed by atoms with E-state index >= 15 is 0 Å². The van der Waals surface area contributed by atoms with Crippen LogP contribution in [0.15, 0.2) is 11.6 Å². The monoisotopic (exact) mass is 224 g/mol. The third kappa shape index (κ3) is 4.93. The van der Waals surface area contributed by atoms with E-state index in [1.165, 1.54) is 25.7 Å². The summed E-state index contributed by atoms with van der Waals surface area (Å²) in [6.45, 7) is 2.20. The largest absolute Gasteiger partial charge is 0.389 e. The van der Waals surface area contributed by atoms with Gasteiger partial charge in [0.2, 0.25) is 0 Å². The summed E-state index contributed by atoms with van der Waals surface area (Å²) >= 11 is 0. The van der Waals surface area contributed by atoms with E-state index in [0.29, 0.717) is 6.42 Å². The van der Waals surface area contributed by atoms with Gasteiger partial charge in [-0.1, -0.05) is 39.0 Å². The van der Waals surface area contributed by atoms with Crippen LogP contribution < -0.4 is 0 Å². The molecule has 0 aromatic rings. The van der Waals surface area contributed by atoms with Gasteiger partial charge < -0.3 is 5.11 Å². The Morgan fingerprint density at radius 3 is 2.62 bits per heavy atom. The Kier molecular flexibility index (Phi) is 6.39. The van der Waals surface area contributed by atoms with Crippen molar-refractivity contribution in [2.24, 2.45) is 0 Å². The summed E-state index contributed by atoms with van der Waals surface area (Å²) in [5.74, 6) is 0.241. The zero-order chi connectivity index (χ0) is 11.8. The van der Waals surface area contributed by atoms with Crippen LogP contribution in [0.3, 0.4) is 0 Å². The lowest BCUT2D eigenvalue weighted by Gasteiger charge is -2.06. The van der Waals surface area contributed by atoms with Crippen molar-refractivity contribution in [3.05, 3.63) is 11.6 Å². The first-order valence-electron chi connectivity index (χ1n) is 6.66. The molecule has 0 amide bonds. The number of carbonyl (C=O) groups excluding carboxylic acids is 1. The quantitative estimate of drug-likeness (QED) is 0.531. The molecule has 2 heteroatoms. The molecule has 1 aliphatic carbocycles. The highest BCUT2D eigenvalue weighted by Gasteiger charge is 2.17. The SMILES string of the molecule is CCCCCCCC(O)/C=C1/CCCC1=O. The van der Waals surface area contributed by atoms with Crippen molar-refractivity contribution in [1.29, 1.82) is 0 Å². The maximum absolute atomic E-state index is 11.3. The molecule has 1 unspecified atom stereocenters. The zero-order valence-electron chi connectivity index (χ0n) is 10.4. The van der Waals surface area contributed by atoms with Gasteiger partial charge in [0.15, 0.2) is 5.78 Å². The lowest BCUT2D eigenvalue weighted by molar-refractivity contribution is -0.114. The lowest BCUT2D eigenvalue weighted by Crippen LogP contribution is -2.05. The second kappa shape index (κ2) is 7.61. The number of allylic oxidation sites excluding steroid dienone is 1. The van der Waals surface area contributed by atoms with E-state index in [4.69, 9.17) is 0 Å². The van der Waals surface area contributed by atoms with Gasteiger partial charge in [-0.3, -0.25) is 4.79 Å². The molecule has 2 nitrogen and oxygen atoms in total. The summed E-state index contributed by atoms with van der Waals surface area (Å²) in [6.07, 6.45) is 10.8. The van der Waals surface area contributed by atoms with E-state index in [-0.39, 0.29) is 5.78 Å². The maximum Gasteiger partial charge on any atom is 0.158 e. The average molecular weight is 224 g/mol. The van der Waals surface area contributed by atoms with Crippen LogP contribution in [0.1, 0.15) is 64.7 Å². The summed E-state index contributed by atoms with van der Waals surface area (Å²) in [5.41, 5.74) is 0.862. The van der Waals surface area contributed by atoms with Crippen molar-refractivity contribution < 1.29 is 9.90 Å². The second-order valence-corrected chi connectivity index (χ2v) is 4.74. The van der Waals surface area contributed by atoms with E-state index in [2.05, 4.69) is 6.92 Å². The third-order valence-electron chi connectivity index (χ3n) is 3.21. The minimum Gasteiger partial charge on any atom is -0.389 e. The van der Waals surface area contributed by atoms with Gasteiger partial charge in [0.25, 0.3) is 0 Å². The van der Waals surface area contributed by atoms with Crippen molar-refractivity contribution in [3.8, 4) is 0 Å². The minimum atomic E-state index is -0.404. The molecule has 0 aromatic carbocycles. The number of aliphatic hydroxyl groups excluding tert-OH is 1. The molecule has 1 aliphatic rings.